The van der Waals surface area contributed by atoms with Crippen LogP contribution in [0.3, 0.4) is 0 Å². The highest BCUT2D eigenvalue weighted by Crippen LogP contribution is 2.35. The predicted molar refractivity (Wildman–Crippen MR) is 82.0 cm³/mol. The second-order valence-electron chi connectivity index (χ2n) is 4.91. The molecular weight excluding hydrogens is 336 g/mol. The topological polar surface area (TPSA) is 82.2 Å². The van der Waals surface area contributed by atoms with E-state index in [-0.39, 0.29) is 12.6 Å². The standard InChI is InChI=1S/C14H15BrN4O2/c15-9-1-2-13-11(5-9)12(3-4-21-13)18-10-6-17-19(7-10)8-14(16)20/h1-2,5-7,12,18H,3-4,8H2,(H2,16,20). The van der Waals surface area contributed by atoms with Crippen molar-refractivity contribution in [3.8, 4) is 5.75 Å². The SMILES string of the molecule is NC(=O)Cn1cc(NC2CCOc3ccc(Br)cc32)cn1. The molecule has 2 heterocycles. The van der Waals surface area contributed by atoms with Gasteiger partial charge in [-0.1, -0.05) is 15.9 Å². The fourth-order valence-corrected chi connectivity index (χ4v) is 2.78. The molecule has 0 bridgehead atoms. The zero-order valence-corrected chi connectivity index (χ0v) is 12.8. The molecule has 0 radical (unpaired) electrons. The first-order chi connectivity index (χ1) is 10.1. The Morgan fingerprint density at radius 3 is 3.24 bits per heavy atom. The molecule has 1 atom stereocenters. The van der Waals surface area contributed by atoms with Crippen LogP contribution >= 0.6 is 15.9 Å². The van der Waals surface area contributed by atoms with Crippen molar-refractivity contribution in [3.63, 3.8) is 0 Å². The molecule has 1 amide bonds. The van der Waals surface area contributed by atoms with Crippen LogP contribution in [0.4, 0.5) is 5.69 Å². The van der Waals surface area contributed by atoms with E-state index in [1.165, 1.54) is 4.68 Å². The number of anilines is 1. The maximum Gasteiger partial charge on any atom is 0.239 e. The number of benzene rings is 1. The highest BCUT2D eigenvalue weighted by Gasteiger charge is 2.22. The number of ether oxygens (including phenoxy) is 1. The molecule has 1 aromatic carbocycles. The van der Waals surface area contributed by atoms with Gasteiger partial charge in [-0.15, -0.1) is 0 Å². The molecule has 0 aliphatic carbocycles. The summed E-state index contributed by atoms with van der Waals surface area (Å²) in [4.78, 5) is 10.9. The van der Waals surface area contributed by atoms with Crippen molar-refractivity contribution >= 4 is 27.5 Å². The summed E-state index contributed by atoms with van der Waals surface area (Å²) in [7, 11) is 0. The molecule has 3 rings (SSSR count). The van der Waals surface area contributed by atoms with Crippen molar-refractivity contribution in [2.45, 2.75) is 19.0 Å². The third-order valence-electron chi connectivity index (χ3n) is 3.30. The third kappa shape index (κ3) is 3.18. The average Bonchev–Trinajstić information content (AvgIpc) is 2.86. The zero-order chi connectivity index (χ0) is 14.8. The molecule has 2 aromatic rings. The predicted octanol–water partition coefficient (Wildman–Crippen LogP) is 2.07. The van der Waals surface area contributed by atoms with Crippen LogP contribution in [0.2, 0.25) is 0 Å². The van der Waals surface area contributed by atoms with Gasteiger partial charge in [0.2, 0.25) is 5.91 Å². The second-order valence-corrected chi connectivity index (χ2v) is 5.82. The van der Waals surface area contributed by atoms with Gasteiger partial charge in [0.25, 0.3) is 0 Å². The van der Waals surface area contributed by atoms with Crippen LogP contribution in [0.5, 0.6) is 5.75 Å². The van der Waals surface area contributed by atoms with E-state index in [2.05, 4.69) is 32.4 Å². The monoisotopic (exact) mass is 350 g/mol. The van der Waals surface area contributed by atoms with E-state index in [0.29, 0.717) is 6.61 Å². The summed E-state index contributed by atoms with van der Waals surface area (Å²) >= 11 is 3.48. The summed E-state index contributed by atoms with van der Waals surface area (Å²) in [6, 6.07) is 6.13. The molecule has 21 heavy (non-hydrogen) atoms. The minimum Gasteiger partial charge on any atom is -0.493 e. The Balaban J connectivity index is 1.78. The number of nitrogens with zero attached hydrogens (tertiary/aromatic N) is 2. The molecule has 1 aliphatic rings. The highest BCUT2D eigenvalue weighted by molar-refractivity contribution is 9.10. The number of fused-ring (bicyclic) bond motifs is 1. The highest BCUT2D eigenvalue weighted by atomic mass is 79.9. The van der Waals surface area contributed by atoms with Crippen molar-refractivity contribution in [2.75, 3.05) is 11.9 Å². The Bertz CT molecular complexity index is 671. The fraction of sp³-hybridized carbons (Fsp3) is 0.286. The van der Waals surface area contributed by atoms with Gasteiger partial charge in [0.15, 0.2) is 0 Å². The minimum absolute atomic E-state index is 0.0809. The number of carbonyl (C=O) groups excluding carboxylic acids is 1. The number of halogens is 1. The van der Waals surface area contributed by atoms with E-state index in [1.807, 2.05) is 12.1 Å². The molecule has 0 saturated carbocycles. The summed E-state index contributed by atoms with van der Waals surface area (Å²) < 4.78 is 8.20. The van der Waals surface area contributed by atoms with Crippen molar-refractivity contribution in [1.29, 1.82) is 0 Å². The van der Waals surface area contributed by atoms with E-state index in [0.717, 1.165) is 27.9 Å². The summed E-state index contributed by atoms with van der Waals surface area (Å²) in [5, 5.41) is 7.53. The molecule has 3 N–H and O–H groups in total. The van der Waals surface area contributed by atoms with Crippen molar-refractivity contribution in [3.05, 3.63) is 40.6 Å². The number of nitrogens with two attached hydrogens (primary N) is 1. The quantitative estimate of drug-likeness (QED) is 0.884. The molecular formula is C14H15BrN4O2. The minimum atomic E-state index is -0.412. The summed E-state index contributed by atoms with van der Waals surface area (Å²) in [5.74, 6) is 0.483. The lowest BCUT2D eigenvalue weighted by molar-refractivity contribution is -0.118. The van der Waals surface area contributed by atoms with Gasteiger partial charge in [0.1, 0.15) is 12.3 Å². The Labute approximate surface area is 130 Å². The van der Waals surface area contributed by atoms with Crippen molar-refractivity contribution in [1.82, 2.24) is 9.78 Å². The molecule has 0 saturated heterocycles. The lowest BCUT2D eigenvalue weighted by Gasteiger charge is -2.27. The molecule has 1 aliphatic heterocycles. The first-order valence-electron chi connectivity index (χ1n) is 6.61. The summed E-state index contributed by atoms with van der Waals surface area (Å²) in [5.41, 5.74) is 7.12. The number of hydrogen-bond donors (Lipinski definition) is 2. The molecule has 110 valence electrons. The first kappa shape index (κ1) is 13.9. The lowest BCUT2D eigenvalue weighted by Crippen LogP contribution is -2.20. The average molecular weight is 351 g/mol. The molecule has 1 aromatic heterocycles. The van der Waals surface area contributed by atoms with Crippen LogP contribution in [0.25, 0.3) is 0 Å². The van der Waals surface area contributed by atoms with Gasteiger partial charge in [-0.3, -0.25) is 9.48 Å². The zero-order valence-electron chi connectivity index (χ0n) is 11.3. The normalized spacial score (nSPS) is 16.9. The van der Waals surface area contributed by atoms with E-state index >= 15 is 0 Å². The Kier molecular flexibility index (Phi) is 3.83. The number of carbonyl (C=O) groups is 1. The number of nitrogens with one attached hydrogen (secondary N) is 1. The Hall–Kier alpha value is -2.02. The van der Waals surface area contributed by atoms with Crippen molar-refractivity contribution in [2.24, 2.45) is 5.73 Å². The number of rotatable bonds is 4. The molecule has 1 unspecified atom stereocenters. The van der Waals surface area contributed by atoms with Gasteiger partial charge < -0.3 is 15.8 Å². The second kappa shape index (κ2) is 5.77. The summed E-state index contributed by atoms with van der Waals surface area (Å²) in [6.45, 7) is 0.749. The van der Waals surface area contributed by atoms with Crippen LogP contribution in [-0.4, -0.2) is 22.3 Å². The van der Waals surface area contributed by atoms with Gasteiger partial charge in [-0.05, 0) is 18.2 Å². The lowest BCUT2D eigenvalue weighted by atomic mass is 10.0. The van der Waals surface area contributed by atoms with Gasteiger partial charge in [-0.2, -0.15) is 5.10 Å². The van der Waals surface area contributed by atoms with E-state index in [9.17, 15) is 4.79 Å². The molecule has 0 fully saturated rings. The number of primary amides is 1. The van der Waals surface area contributed by atoms with Gasteiger partial charge >= 0.3 is 0 Å². The van der Waals surface area contributed by atoms with E-state index < -0.39 is 5.91 Å². The molecule has 0 spiro atoms. The van der Waals surface area contributed by atoms with Gasteiger partial charge in [-0.25, -0.2) is 0 Å². The molecule has 6 nitrogen and oxygen atoms in total. The van der Waals surface area contributed by atoms with Crippen molar-refractivity contribution < 1.29 is 9.53 Å². The van der Waals surface area contributed by atoms with Crippen LogP contribution < -0.4 is 15.8 Å². The smallest absolute Gasteiger partial charge is 0.239 e. The summed E-state index contributed by atoms with van der Waals surface area (Å²) in [6.07, 6.45) is 4.33. The number of hydrogen-bond acceptors (Lipinski definition) is 4. The molecule has 7 heteroatoms. The fourth-order valence-electron chi connectivity index (χ4n) is 2.40. The third-order valence-corrected chi connectivity index (χ3v) is 3.80. The van der Waals surface area contributed by atoms with Crippen LogP contribution in [0, 0.1) is 0 Å². The Morgan fingerprint density at radius 1 is 1.57 bits per heavy atom. The van der Waals surface area contributed by atoms with Gasteiger partial charge in [0.05, 0.1) is 24.5 Å². The first-order valence-corrected chi connectivity index (χ1v) is 7.40. The number of amides is 1. The Morgan fingerprint density at radius 2 is 2.43 bits per heavy atom. The maximum absolute atomic E-state index is 10.9. The maximum atomic E-state index is 10.9. The number of aromatic nitrogens is 2. The van der Waals surface area contributed by atoms with Crippen LogP contribution in [0.15, 0.2) is 35.1 Å². The van der Waals surface area contributed by atoms with Crippen LogP contribution in [-0.2, 0) is 11.3 Å². The van der Waals surface area contributed by atoms with E-state index in [1.54, 1.807) is 12.4 Å². The van der Waals surface area contributed by atoms with E-state index in [4.69, 9.17) is 10.5 Å². The van der Waals surface area contributed by atoms with Crippen LogP contribution in [0.1, 0.15) is 18.0 Å². The van der Waals surface area contributed by atoms with Gasteiger partial charge in [0, 0.05) is 22.7 Å². The largest absolute Gasteiger partial charge is 0.493 e.